The summed E-state index contributed by atoms with van der Waals surface area (Å²) in [5.74, 6) is 1.68. The number of anilines is 1. The van der Waals surface area contributed by atoms with Gasteiger partial charge in [-0.15, -0.1) is 0 Å². The van der Waals surface area contributed by atoms with Crippen molar-refractivity contribution in [3.05, 3.63) is 84.1 Å². The van der Waals surface area contributed by atoms with Crippen molar-refractivity contribution in [3.63, 3.8) is 0 Å². The summed E-state index contributed by atoms with van der Waals surface area (Å²) in [5.41, 5.74) is 2.29. The molecule has 0 radical (unpaired) electrons. The van der Waals surface area contributed by atoms with E-state index >= 15 is 0 Å². The molecular weight excluding hydrogens is 544 g/mol. The first-order chi connectivity index (χ1) is 19.8. The van der Waals surface area contributed by atoms with Gasteiger partial charge >= 0.3 is 0 Å². The van der Waals surface area contributed by atoms with E-state index in [9.17, 15) is 13.2 Å². The third kappa shape index (κ3) is 6.06. The molecule has 0 atom stereocenters. The Morgan fingerprint density at radius 3 is 2.17 bits per heavy atom. The van der Waals surface area contributed by atoms with Crippen molar-refractivity contribution in [1.82, 2.24) is 14.8 Å². The molecule has 214 valence electrons. The third-order valence-corrected chi connectivity index (χ3v) is 8.47. The van der Waals surface area contributed by atoms with Gasteiger partial charge in [-0.05, 0) is 54.1 Å². The smallest absolute Gasteiger partial charge is 0.264 e. The number of benzene rings is 3. The molecule has 41 heavy (non-hydrogen) atoms. The van der Waals surface area contributed by atoms with Crippen LogP contribution >= 0.6 is 0 Å². The van der Waals surface area contributed by atoms with Gasteiger partial charge < -0.3 is 19.1 Å². The van der Waals surface area contributed by atoms with Crippen LogP contribution in [-0.2, 0) is 16.6 Å². The van der Waals surface area contributed by atoms with Gasteiger partial charge in [0.05, 0.1) is 26.8 Å². The number of nitrogens with zero attached hydrogens (tertiary/aromatic N) is 3. The van der Waals surface area contributed by atoms with Crippen LogP contribution in [0.15, 0.2) is 77.8 Å². The minimum Gasteiger partial charge on any atom is -0.493 e. The molecule has 10 nitrogen and oxygen atoms in total. The highest BCUT2D eigenvalue weighted by molar-refractivity contribution is 7.93. The van der Waals surface area contributed by atoms with Gasteiger partial charge in [0.25, 0.3) is 15.9 Å². The maximum atomic E-state index is 13.2. The van der Waals surface area contributed by atoms with Crippen molar-refractivity contribution >= 4 is 32.5 Å². The van der Waals surface area contributed by atoms with Crippen molar-refractivity contribution < 1.29 is 27.4 Å². The number of para-hydroxylation sites is 1. The van der Waals surface area contributed by atoms with Gasteiger partial charge in [-0.1, -0.05) is 18.2 Å². The zero-order valence-electron chi connectivity index (χ0n) is 23.2. The predicted molar refractivity (Wildman–Crippen MR) is 156 cm³/mol. The summed E-state index contributed by atoms with van der Waals surface area (Å²) in [6.07, 6.45) is 1.56. The molecule has 1 fully saturated rings. The van der Waals surface area contributed by atoms with Gasteiger partial charge in [-0.3, -0.25) is 19.4 Å². The van der Waals surface area contributed by atoms with E-state index in [0.29, 0.717) is 66.7 Å². The molecule has 0 bridgehead atoms. The lowest BCUT2D eigenvalue weighted by Gasteiger charge is -2.35. The SMILES string of the molecule is COc1cc(CN2CCN(C(=O)c3ccc(NS(=O)(=O)c4cccc5cccnc45)cc3)CC2)cc(OC)c1OC. The fraction of sp³-hybridized carbons (Fsp3) is 0.267. The summed E-state index contributed by atoms with van der Waals surface area (Å²) in [6.45, 7) is 3.25. The van der Waals surface area contributed by atoms with Crippen molar-refractivity contribution in [2.45, 2.75) is 11.4 Å². The number of hydrogen-bond donors (Lipinski definition) is 1. The molecular formula is C30H32N4O6S. The topological polar surface area (TPSA) is 110 Å². The van der Waals surface area contributed by atoms with Crippen molar-refractivity contribution in [2.75, 3.05) is 52.2 Å². The largest absolute Gasteiger partial charge is 0.493 e. The number of methoxy groups -OCH3 is 3. The standard InChI is InChI=1S/C30H32N4O6S/c1-38-25-18-21(19-26(39-2)29(25)40-3)20-33-14-16-34(17-15-33)30(35)23-9-11-24(12-10-23)32-41(36,37)27-8-4-6-22-7-5-13-31-28(22)27/h4-13,18-19,32H,14-17,20H2,1-3H3. The Hall–Kier alpha value is -4.35. The monoisotopic (exact) mass is 576 g/mol. The quantitative estimate of drug-likeness (QED) is 0.318. The lowest BCUT2D eigenvalue weighted by atomic mass is 10.1. The number of hydrogen-bond acceptors (Lipinski definition) is 8. The van der Waals surface area contributed by atoms with Crippen LogP contribution < -0.4 is 18.9 Å². The second kappa shape index (κ2) is 12.0. The van der Waals surface area contributed by atoms with Gasteiger partial charge in [0.1, 0.15) is 4.90 Å². The average molecular weight is 577 g/mol. The molecule has 1 saturated heterocycles. The highest BCUT2D eigenvalue weighted by Crippen LogP contribution is 2.38. The molecule has 1 aliphatic heterocycles. The highest BCUT2D eigenvalue weighted by atomic mass is 32.2. The number of carbonyl (C=O) groups excluding carboxylic acids is 1. The van der Waals surface area contributed by atoms with Gasteiger partial charge in [0.2, 0.25) is 5.75 Å². The number of amides is 1. The maximum absolute atomic E-state index is 13.2. The van der Waals surface area contributed by atoms with E-state index < -0.39 is 10.0 Å². The number of fused-ring (bicyclic) bond motifs is 1. The van der Waals surface area contributed by atoms with E-state index in [4.69, 9.17) is 14.2 Å². The van der Waals surface area contributed by atoms with Crippen LogP contribution in [0.25, 0.3) is 10.9 Å². The molecule has 3 aromatic carbocycles. The summed E-state index contributed by atoms with van der Waals surface area (Å²) < 4.78 is 45.1. The van der Waals surface area contributed by atoms with Gasteiger partial charge in [0, 0.05) is 55.6 Å². The zero-order valence-corrected chi connectivity index (χ0v) is 24.0. The second-order valence-electron chi connectivity index (χ2n) is 9.62. The molecule has 1 N–H and O–H groups in total. The molecule has 0 unspecified atom stereocenters. The van der Waals surface area contributed by atoms with E-state index in [1.54, 1.807) is 63.9 Å². The minimum absolute atomic E-state index is 0.0925. The molecule has 5 rings (SSSR count). The molecule has 0 spiro atoms. The normalized spacial score (nSPS) is 14.1. The molecule has 1 aliphatic rings. The molecule has 0 saturated carbocycles. The van der Waals surface area contributed by atoms with Crippen LogP contribution in [0.3, 0.4) is 0 Å². The number of sulfonamides is 1. The van der Waals surface area contributed by atoms with E-state index in [1.807, 2.05) is 29.2 Å². The van der Waals surface area contributed by atoms with Crippen LogP contribution in [0.1, 0.15) is 15.9 Å². The maximum Gasteiger partial charge on any atom is 0.264 e. The first-order valence-electron chi connectivity index (χ1n) is 13.1. The van der Waals surface area contributed by atoms with Crippen LogP contribution in [-0.4, -0.2) is 76.6 Å². The summed E-state index contributed by atoms with van der Waals surface area (Å²) in [4.78, 5) is 21.6. The van der Waals surface area contributed by atoms with E-state index in [2.05, 4.69) is 14.6 Å². The summed E-state index contributed by atoms with van der Waals surface area (Å²) in [6, 6.07) is 19.0. The number of aromatic nitrogens is 1. The second-order valence-corrected chi connectivity index (χ2v) is 11.3. The fourth-order valence-electron chi connectivity index (χ4n) is 4.96. The fourth-order valence-corrected chi connectivity index (χ4v) is 6.20. The lowest BCUT2D eigenvalue weighted by molar-refractivity contribution is 0.0628. The Bertz CT molecular complexity index is 1620. The van der Waals surface area contributed by atoms with Crippen LogP contribution in [0, 0.1) is 0 Å². The highest BCUT2D eigenvalue weighted by Gasteiger charge is 2.24. The minimum atomic E-state index is -3.87. The molecule has 0 aliphatic carbocycles. The summed E-state index contributed by atoms with van der Waals surface area (Å²) in [5, 5.41) is 0.736. The number of piperazine rings is 1. The first kappa shape index (κ1) is 28.2. The van der Waals surface area contributed by atoms with E-state index in [1.165, 1.54) is 6.07 Å². The predicted octanol–water partition coefficient (Wildman–Crippen LogP) is 4.02. The first-order valence-corrected chi connectivity index (χ1v) is 14.6. The zero-order chi connectivity index (χ0) is 29.0. The number of pyridine rings is 1. The Labute approximate surface area is 239 Å². The van der Waals surface area contributed by atoms with Gasteiger partial charge in [0.15, 0.2) is 11.5 Å². The Kier molecular flexibility index (Phi) is 8.27. The summed E-state index contributed by atoms with van der Waals surface area (Å²) >= 11 is 0. The average Bonchev–Trinajstić information content (AvgIpc) is 3.00. The molecule has 4 aromatic rings. The lowest BCUT2D eigenvalue weighted by Crippen LogP contribution is -2.48. The van der Waals surface area contributed by atoms with Crippen molar-refractivity contribution in [1.29, 1.82) is 0 Å². The van der Waals surface area contributed by atoms with Crippen LogP contribution in [0.5, 0.6) is 17.2 Å². The van der Waals surface area contributed by atoms with Gasteiger partial charge in [-0.2, -0.15) is 0 Å². The van der Waals surface area contributed by atoms with Gasteiger partial charge in [-0.25, -0.2) is 8.42 Å². The van der Waals surface area contributed by atoms with Crippen LogP contribution in [0.4, 0.5) is 5.69 Å². The Morgan fingerprint density at radius 2 is 1.54 bits per heavy atom. The van der Waals surface area contributed by atoms with Crippen molar-refractivity contribution in [3.8, 4) is 17.2 Å². The molecule has 2 heterocycles. The molecule has 1 amide bonds. The molecule has 1 aromatic heterocycles. The van der Waals surface area contributed by atoms with Crippen molar-refractivity contribution in [2.24, 2.45) is 0 Å². The number of nitrogens with one attached hydrogen (secondary N) is 1. The molecule has 11 heteroatoms. The number of carbonyl (C=O) groups is 1. The number of ether oxygens (including phenoxy) is 3. The Morgan fingerprint density at radius 1 is 0.878 bits per heavy atom. The Balaban J connectivity index is 1.20. The third-order valence-electron chi connectivity index (χ3n) is 7.06. The van der Waals surface area contributed by atoms with Crippen LogP contribution in [0.2, 0.25) is 0 Å². The number of rotatable bonds is 9. The van der Waals surface area contributed by atoms with E-state index in [-0.39, 0.29) is 10.8 Å². The summed E-state index contributed by atoms with van der Waals surface area (Å²) in [7, 11) is 0.887. The van der Waals surface area contributed by atoms with E-state index in [0.717, 1.165) is 10.9 Å².